The summed E-state index contributed by atoms with van der Waals surface area (Å²) in [7, 11) is 2.03. The van der Waals surface area contributed by atoms with Crippen LogP contribution in [0.2, 0.25) is 0 Å². The van der Waals surface area contributed by atoms with Gasteiger partial charge in [-0.2, -0.15) is 0 Å². The van der Waals surface area contributed by atoms with E-state index in [0.29, 0.717) is 6.04 Å². The molecule has 2 rings (SSSR count). The summed E-state index contributed by atoms with van der Waals surface area (Å²) in [5, 5.41) is 3.28. The van der Waals surface area contributed by atoms with Crippen LogP contribution in [-0.2, 0) is 0 Å². The highest BCUT2D eigenvalue weighted by Crippen LogP contribution is 2.25. The number of aryl methyl sites for hydroxylation is 1. The molecule has 1 aromatic rings. The normalized spacial score (nSPS) is 20.9. The second kappa shape index (κ2) is 4.67. The molecule has 1 unspecified atom stereocenters. The molecule has 1 aliphatic rings. The summed E-state index contributed by atoms with van der Waals surface area (Å²) in [4.78, 5) is 2.52. The van der Waals surface area contributed by atoms with Gasteiger partial charge in [0.2, 0.25) is 0 Å². The number of hydrogen-bond donors (Lipinski definition) is 1. The summed E-state index contributed by atoms with van der Waals surface area (Å²) in [5.41, 5.74) is 2.71. The van der Waals surface area contributed by atoms with E-state index in [4.69, 9.17) is 0 Å². The van der Waals surface area contributed by atoms with Crippen LogP contribution in [0, 0.1) is 6.92 Å². The minimum Gasteiger partial charge on any atom is -0.367 e. The Morgan fingerprint density at radius 1 is 1.33 bits per heavy atom. The summed E-state index contributed by atoms with van der Waals surface area (Å²) in [6.07, 6.45) is 2.63. The standard InChI is InChI=1S/C13H20N2/c1-11-5-7-12(8-6-11)15-9-3-4-13(15)10-14-2/h5-8,13-14H,3-4,9-10H2,1-2H3. The average Bonchev–Trinajstić information content (AvgIpc) is 2.68. The van der Waals surface area contributed by atoms with E-state index in [1.54, 1.807) is 0 Å². The molecule has 0 aliphatic carbocycles. The highest BCUT2D eigenvalue weighted by molar-refractivity contribution is 5.49. The maximum absolute atomic E-state index is 3.28. The molecule has 0 saturated carbocycles. The fourth-order valence-electron chi connectivity index (χ4n) is 2.36. The topological polar surface area (TPSA) is 15.3 Å². The predicted octanol–water partition coefficient (Wildman–Crippen LogP) is 2.18. The molecular weight excluding hydrogens is 184 g/mol. The molecule has 0 aromatic heterocycles. The Morgan fingerprint density at radius 3 is 2.73 bits per heavy atom. The number of hydrogen-bond acceptors (Lipinski definition) is 2. The van der Waals surface area contributed by atoms with Crippen molar-refractivity contribution < 1.29 is 0 Å². The molecule has 1 atom stereocenters. The monoisotopic (exact) mass is 204 g/mol. The number of anilines is 1. The van der Waals surface area contributed by atoms with Crippen LogP contribution in [0.3, 0.4) is 0 Å². The second-order valence-corrected chi connectivity index (χ2v) is 4.38. The van der Waals surface area contributed by atoms with Crippen molar-refractivity contribution in [3.8, 4) is 0 Å². The van der Waals surface area contributed by atoms with E-state index in [1.807, 2.05) is 7.05 Å². The van der Waals surface area contributed by atoms with Crippen LogP contribution in [0.25, 0.3) is 0 Å². The summed E-state index contributed by atoms with van der Waals surface area (Å²) >= 11 is 0. The van der Waals surface area contributed by atoms with Gasteiger partial charge in [-0.15, -0.1) is 0 Å². The lowest BCUT2D eigenvalue weighted by molar-refractivity contribution is 0.615. The number of benzene rings is 1. The molecular formula is C13H20N2. The van der Waals surface area contributed by atoms with Crippen molar-refractivity contribution >= 4 is 5.69 Å². The highest BCUT2D eigenvalue weighted by Gasteiger charge is 2.23. The minimum atomic E-state index is 0.678. The number of likely N-dealkylation sites (N-methyl/N-ethyl adjacent to an activating group) is 1. The average molecular weight is 204 g/mol. The van der Waals surface area contributed by atoms with Crippen molar-refractivity contribution in [2.24, 2.45) is 0 Å². The van der Waals surface area contributed by atoms with E-state index < -0.39 is 0 Å². The molecule has 0 radical (unpaired) electrons. The Balaban J connectivity index is 2.11. The maximum atomic E-state index is 3.28. The zero-order valence-electron chi connectivity index (χ0n) is 9.66. The van der Waals surface area contributed by atoms with Crippen molar-refractivity contribution in [1.82, 2.24) is 5.32 Å². The first kappa shape index (κ1) is 10.5. The lowest BCUT2D eigenvalue weighted by Gasteiger charge is -2.26. The van der Waals surface area contributed by atoms with Crippen molar-refractivity contribution in [2.75, 3.05) is 25.0 Å². The van der Waals surface area contributed by atoms with Gasteiger partial charge in [0, 0.05) is 24.8 Å². The molecule has 1 aliphatic heterocycles. The van der Waals surface area contributed by atoms with E-state index in [2.05, 4.69) is 41.4 Å². The van der Waals surface area contributed by atoms with Gasteiger partial charge in [0.1, 0.15) is 0 Å². The van der Waals surface area contributed by atoms with Gasteiger partial charge in [-0.3, -0.25) is 0 Å². The zero-order chi connectivity index (χ0) is 10.7. The Bertz CT molecular complexity index is 305. The quantitative estimate of drug-likeness (QED) is 0.812. The molecule has 15 heavy (non-hydrogen) atoms. The maximum Gasteiger partial charge on any atom is 0.0415 e. The summed E-state index contributed by atoms with van der Waals surface area (Å²) < 4.78 is 0. The van der Waals surface area contributed by atoms with E-state index in [-0.39, 0.29) is 0 Å². The van der Waals surface area contributed by atoms with Gasteiger partial charge in [0.15, 0.2) is 0 Å². The Morgan fingerprint density at radius 2 is 2.07 bits per heavy atom. The van der Waals surface area contributed by atoms with E-state index in [1.165, 1.54) is 30.6 Å². The second-order valence-electron chi connectivity index (χ2n) is 4.38. The van der Waals surface area contributed by atoms with Gasteiger partial charge in [-0.1, -0.05) is 17.7 Å². The molecule has 1 heterocycles. The van der Waals surface area contributed by atoms with E-state index in [9.17, 15) is 0 Å². The molecule has 1 N–H and O–H groups in total. The van der Waals surface area contributed by atoms with Crippen molar-refractivity contribution in [2.45, 2.75) is 25.8 Å². The molecule has 1 saturated heterocycles. The predicted molar refractivity (Wildman–Crippen MR) is 65.5 cm³/mol. The molecule has 0 spiro atoms. The number of rotatable bonds is 3. The molecule has 1 fully saturated rings. The van der Waals surface area contributed by atoms with Crippen LogP contribution < -0.4 is 10.2 Å². The van der Waals surface area contributed by atoms with Gasteiger partial charge in [0.25, 0.3) is 0 Å². The summed E-state index contributed by atoms with van der Waals surface area (Å²) in [6, 6.07) is 9.55. The Labute approximate surface area is 92.3 Å². The SMILES string of the molecule is CNCC1CCCN1c1ccc(C)cc1. The molecule has 0 bridgehead atoms. The third kappa shape index (κ3) is 2.32. The van der Waals surface area contributed by atoms with Gasteiger partial charge < -0.3 is 10.2 Å². The van der Waals surface area contributed by atoms with Gasteiger partial charge in [-0.25, -0.2) is 0 Å². The largest absolute Gasteiger partial charge is 0.367 e. The van der Waals surface area contributed by atoms with Crippen molar-refractivity contribution in [1.29, 1.82) is 0 Å². The first-order chi connectivity index (χ1) is 7.31. The van der Waals surface area contributed by atoms with E-state index in [0.717, 1.165) is 6.54 Å². The molecule has 82 valence electrons. The third-order valence-corrected chi connectivity index (χ3v) is 3.18. The first-order valence-electron chi connectivity index (χ1n) is 5.79. The van der Waals surface area contributed by atoms with Crippen LogP contribution in [0.15, 0.2) is 24.3 Å². The minimum absolute atomic E-state index is 0.678. The lowest BCUT2D eigenvalue weighted by Crippen LogP contribution is -2.36. The van der Waals surface area contributed by atoms with E-state index >= 15 is 0 Å². The summed E-state index contributed by atoms with van der Waals surface area (Å²) in [6.45, 7) is 4.43. The highest BCUT2D eigenvalue weighted by atomic mass is 15.2. The molecule has 2 heteroatoms. The number of nitrogens with one attached hydrogen (secondary N) is 1. The zero-order valence-corrected chi connectivity index (χ0v) is 9.66. The van der Waals surface area contributed by atoms with Gasteiger partial charge >= 0.3 is 0 Å². The Kier molecular flexibility index (Phi) is 3.27. The van der Waals surface area contributed by atoms with Crippen molar-refractivity contribution in [3.63, 3.8) is 0 Å². The lowest BCUT2D eigenvalue weighted by atomic mass is 10.2. The van der Waals surface area contributed by atoms with Crippen LogP contribution in [0.4, 0.5) is 5.69 Å². The smallest absolute Gasteiger partial charge is 0.0415 e. The van der Waals surface area contributed by atoms with Gasteiger partial charge in [0.05, 0.1) is 0 Å². The molecule has 2 nitrogen and oxygen atoms in total. The van der Waals surface area contributed by atoms with Gasteiger partial charge in [-0.05, 0) is 38.9 Å². The fraction of sp³-hybridized carbons (Fsp3) is 0.538. The first-order valence-corrected chi connectivity index (χ1v) is 5.79. The summed E-state index contributed by atoms with van der Waals surface area (Å²) in [5.74, 6) is 0. The van der Waals surface area contributed by atoms with Crippen LogP contribution >= 0.6 is 0 Å². The van der Waals surface area contributed by atoms with Crippen LogP contribution in [0.1, 0.15) is 18.4 Å². The van der Waals surface area contributed by atoms with Crippen LogP contribution in [0.5, 0.6) is 0 Å². The van der Waals surface area contributed by atoms with Crippen LogP contribution in [-0.4, -0.2) is 26.2 Å². The van der Waals surface area contributed by atoms with Crippen molar-refractivity contribution in [3.05, 3.63) is 29.8 Å². The molecule has 0 amide bonds. The Hall–Kier alpha value is -1.02. The third-order valence-electron chi connectivity index (χ3n) is 3.18. The molecule has 1 aromatic carbocycles. The fourth-order valence-corrected chi connectivity index (χ4v) is 2.36. The number of nitrogens with zero attached hydrogens (tertiary/aromatic N) is 1.